The van der Waals surface area contributed by atoms with Crippen molar-refractivity contribution in [2.75, 3.05) is 0 Å². The van der Waals surface area contributed by atoms with E-state index in [1.165, 1.54) is 24.3 Å². The van der Waals surface area contributed by atoms with E-state index in [1.807, 2.05) is 19.1 Å². The maximum Gasteiger partial charge on any atom is 0.347 e. The van der Waals surface area contributed by atoms with Gasteiger partial charge in [-0.25, -0.2) is 19.2 Å². The molecule has 0 spiro atoms. The number of carbonyl (C=O) groups is 4. The van der Waals surface area contributed by atoms with Gasteiger partial charge in [0.05, 0.1) is 22.3 Å². The van der Waals surface area contributed by atoms with Crippen molar-refractivity contribution in [1.29, 1.82) is 0 Å². The molecule has 2 heterocycles. The molecule has 2 aliphatic rings. The fraction of sp³-hybridized carbons (Fsp3) is 0.185. The number of rotatable bonds is 4. The zero-order valence-corrected chi connectivity index (χ0v) is 19.4. The van der Waals surface area contributed by atoms with Crippen LogP contribution >= 0.6 is 0 Å². The lowest BCUT2D eigenvalue weighted by Gasteiger charge is -2.23. The summed E-state index contributed by atoms with van der Waals surface area (Å²) in [6.07, 6.45) is 0. The molecule has 0 bridgehead atoms. The monoisotopic (exact) mass is 472 g/mol. The van der Waals surface area contributed by atoms with E-state index in [1.54, 1.807) is 12.1 Å². The van der Waals surface area contributed by atoms with Gasteiger partial charge in [0, 0.05) is 0 Å². The Morgan fingerprint density at radius 3 is 1.63 bits per heavy atom. The smallest absolute Gasteiger partial charge is 0.347 e. The molecular weight excluding hydrogens is 452 g/mol. The Morgan fingerprint density at radius 1 is 0.629 bits per heavy atom. The normalized spacial score (nSPS) is 14.4. The molecule has 0 N–H and O–H groups in total. The zero-order valence-electron chi connectivity index (χ0n) is 19.4. The molecule has 0 fully saturated rings. The molecule has 0 unspecified atom stereocenters. The SMILES string of the molecule is Cc1cc(C(C)(C)C)cc(Oc2ccc3c(c2)C(=O)OC3=O)c1Oc1ccc2c(c1)C(=O)OC2=O. The van der Waals surface area contributed by atoms with Crippen LogP contribution in [0.4, 0.5) is 0 Å². The molecule has 3 aromatic rings. The number of cyclic esters (lactones) is 4. The van der Waals surface area contributed by atoms with Crippen LogP contribution in [0.5, 0.6) is 23.0 Å². The van der Waals surface area contributed by atoms with Crippen molar-refractivity contribution < 1.29 is 38.1 Å². The number of aryl methyl sites for hydroxylation is 1. The van der Waals surface area contributed by atoms with Crippen LogP contribution in [-0.2, 0) is 14.9 Å². The standard InChI is InChI=1S/C27H20O8/c1-13-9-14(27(2,3)4)10-21(32-15-5-7-17-19(11-15)25(30)34-23(17)28)22(13)33-16-6-8-18-20(12-16)26(31)35-24(18)29/h5-12H,1-4H3. The quantitative estimate of drug-likeness (QED) is 0.362. The van der Waals surface area contributed by atoms with Crippen molar-refractivity contribution in [1.82, 2.24) is 0 Å². The number of esters is 4. The largest absolute Gasteiger partial charge is 0.453 e. The van der Waals surface area contributed by atoms with E-state index in [4.69, 9.17) is 9.47 Å². The third-order valence-electron chi connectivity index (χ3n) is 5.79. The van der Waals surface area contributed by atoms with Crippen molar-refractivity contribution in [2.45, 2.75) is 33.1 Å². The average Bonchev–Trinajstić information content (AvgIpc) is 3.23. The topological polar surface area (TPSA) is 105 Å². The van der Waals surface area contributed by atoms with Crippen molar-refractivity contribution in [2.24, 2.45) is 0 Å². The molecule has 0 saturated carbocycles. The van der Waals surface area contributed by atoms with E-state index in [0.29, 0.717) is 23.0 Å². The number of hydrogen-bond acceptors (Lipinski definition) is 8. The predicted octanol–water partition coefficient (Wildman–Crippen LogP) is 5.50. The molecule has 0 amide bonds. The highest BCUT2D eigenvalue weighted by atomic mass is 16.6. The first-order valence-corrected chi connectivity index (χ1v) is 10.8. The van der Waals surface area contributed by atoms with Crippen molar-refractivity contribution in [3.05, 3.63) is 81.9 Å². The lowest BCUT2D eigenvalue weighted by molar-refractivity contribution is 0.0425. The number of fused-ring (bicyclic) bond motifs is 2. The highest BCUT2D eigenvalue weighted by Crippen LogP contribution is 2.42. The van der Waals surface area contributed by atoms with E-state index in [-0.39, 0.29) is 27.7 Å². The Kier molecular flexibility index (Phi) is 4.98. The van der Waals surface area contributed by atoms with Gasteiger partial charge in [0.15, 0.2) is 11.5 Å². The highest BCUT2D eigenvalue weighted by Gasteiger charge is 2.31. The first-order chi connectivity index (χ1) is 16.5. The minimum atomic E-state index is -0.730. The van der Waals surface area contributed by atoms with E-state index in [2.05, 4.69) is 30.2 Å². The lowest BCUT2D eigenvalue weighted by atomic mass is 9.86. The van der Waals surface area contributed by atoms with Gasteiger partial charge in [-0.2, -0.15) is 0 Å². The van der Waals surface area contributed by atoms with Gasteiger partial charge in [-0.05, 0) is 65.9 Å². The number of hydrogen-bond donors (Lipinski definition) is 0. The summed E-state index contributed by atoms with van der Waals surface area (Å²) in [6, 6.07) is 12.8. The van der Waals surface area contributed by atoms with Crippen molar-refractivity contribution >= 4 is 23.9 Å². The fourth-order valence-corrected chi connectivity index (χ4v) is 3.88. The molecule has 2 aliphatic heterocycles. The summed E-state index contributed by atoms with van der Waals surface area (Å²) in [5.41, 5.74) is 2.16. The molecule has 0 atom stereocenters. The zero-order chi connectivity index (χ0) is 25.1. The fourth-order valence-electron chi connectivity index (χ4n) is 3.88. The molecule has 5 rings (SSSR count). The molecule has 0 aromatic heterocycles. The Hall–Kier alpha value is -4.46. The average molecular weight is 472 g/mol. The van der Waals surface area contributed by atoms with Crippen LogP contribution in [0.2, 0.25) is 0 Å². The maximum atomic E-state index is 12.0. The summed E-state index contributed by atoms with van der Waals surface area (Å²) < 4.78 is 21.6. The summed E-state index contributed by atoms with van der Waals surface area (Å²) in [4.78, 5) is 47.5. The second kappa shape index (κ2) is 7.80. The third kappa shape index (κ3) is 3.93. The number of benzene rings is 3. The van der Waals surface area contributed by atoms with Gasteiger partial charge in [-0.3, -0.25) is 0 Å². The minimum Gasteiger partial charge on any atom is -0.453 e. The third-order valence-corrected chi connectivity index (χ3v) is 5.79. The Morgan fingerprint density at radius 2 is 1.11 bits per heavy atom. The summed E-state index contributed by atoms with van der Waals surface area (Å²) >= 11 is 0. The Labute approximate surface area is 200 Å². The van der Waals surface area contributed by atoms with Crippen LogP contribution in [0.1, 0.15) is 73.3 Å². The van der Waals surface area contributed by atoms with Gasteiger partial charge < -0.3 is 18.9 Å². The van der Waals surface area contributed by atoms with Crippen LogP contribution in [0.15, 0.2) is 48.5 Å². The first-order valence-electron chi connectivity index (χ1n) is 10.8. The van der Waals surface area contributed by atoms with Gasteiger partial charge in [0.1, 0.15) is 11.5 Å². The minimum absolute atomic E-state index is 0.125. The van der Waals surface area contributed by atoms with Crippen molar-refractivity contribution in [3.63, 3.8) is 0 Å². The molecule has 35 heavy (non-hydrogen) atoms. The summed E-state index contributed by atoms with van der Waals surface area (Å²) in [5.74, 6) is -1.47. The molecule has 176 valence electrons. The number of ether oxygens (including phenoxy) is 4. The first kappa shape index (κ1) is 22.3. The molecular formula is C27H20O8. The maximum absolute atomic E-state index is 12.0. The Bertz CT molecular complexity index is 1460. The molecule has 0 aliphatic carbocycles. The molecule has 8 heteroatoms. The summed E-state index contributed by atoms with van der Waals surface area (Å²) in [6.45, 7) is 8.05. The van der Waals surface area contributed by atoms with E-state index >= 15 is 0 Å². The lowest BCUT2D eigenvalue weighted by Crippen LogP contribution is -2.12. The summed E-state index contributed by atoms with van der Waals surface area (Å²) in [7, 11) is 0. The van der Waals surface area contributed by atoms with Gasteiger partial charge in [-0.1, -0.05) is 26.8 Å². The molecule has 8 nitrogen and oxygen atoms in total. The summed E-state index contributed by atoms with van der Waals surface area (Å²) in [5, 5.41) is 0. The van der Waals surface area contributed by atoms with Crippen LogP contribution in [-0.4, -0.2) is 23.9 Å². The van der Waals surface area contributed by atoms with Gasteiger partial charge in [-0.15, -0.1) is 0 Å². The van der Waals surface area contributed by atoms with Crippen molar-refractivity contribution in [3.8, 4) is 23.0 Å². The second-order valence-corrected chi connectivity index (χ2v) is 9.34. The van der Waals surface area contributed by atoms with Crippen LogP contribution < -0.4 is 9.47 Å². The molecule has 0 saturated heterocycles. The van der Waals surface area contributed by atoms with Crippen LogP contribution in [0, 0.1) is 6.92 Å². The van der Waals surface area contributed by atoms with E-state index < -0.39 is 23.9 Å². The van der Waals surface area contributed by atoms with E-state index in [9.17, 15) is 19.2 Å². The van der Waals surface area contributed by atoms with E-state index in [0.717, 1.165) is 11.1 Å². The Balaban J connectivity index is 1.56. The second-order valence-electron chi connectivity index (χ2n) is 9.34. The van der Waals surface area contributed by atoms with Gasteiger partial charge in [0.25, 0.3) is 0 Å². The van der Waals surface area contributed by atoms with Gasteiger partial charge >= 0.3 is 23.9 Å². The highest BCUT2D eigenvalue weighted by molar-refractivity contribution is 6.15. The molecule has 3 aromatic carbocycles. The number of carbonyl (C=O) groups excluding carboxylic acids is 4. The molecule has 0 radical (unpaired) electrons. The predicted molar refractivity (Wildman–Crippen MR) is 122 cm³/mol. The van der Waals surface area contributed by atoms with Crippen LogP contribution in [0.3, 0.4) is 0 Å². The van der Waals surface area contributed by atoms with Gasteiger partial charge in [0.2, 0.25) is 0 Å². The van der Waals surface area contributed by atoms with Crippen LogP contribution in [0.25, 0.3) is 0 Å².